The van der Waals surface area contributed by atoms with Crippen molar-refractivity contribution in [3.8, 4) is 11.5 Å². The van der Waals surface area contributed by atoms with Gasteiger partial charge in [-0.3, -0.25) is 4.79 Å². The van der Waals surface area contributed by atoms with E-state index in [0.717, 1.165) is 18.2 Å². The second kappa shape index (κ2) is 9.03. The van der Waals surface area contributed by atoms with E-state index in [0.29, 0.717) is 17.2 Å². The molecule has 0 fully saturated rings. The molecule has 0 aliphatic rings. The Morgan fingerprint density at radius 2 is 1.68 bits per heavy atom. The summed E-state index contributed by atoms with van der Waals surface area (Å²) in [6.07, 6.45) is 0. The zero-order chi connectivity index (χ0) is 20.9. The van der Waals surface area contributed by atoms with E-state index in [1.165, 1.54) is 24.6 Å². The monoisotopic (exact) mass is 410 g/mol. The molecule has 28 heavy (non-hydrogen) atoms. The molecule has 0 saturated carbocycles. The fourth-order valence-electron chi connectivity index (χ4n) is 2.66. The number of carbonyl (C=O) groups excluding carboxylic acids is 1. The summed E-state index contributed by atoms with van der Waals surface area (Å²) in [5.41, 5.74) is -0.0259. The first-order valence-electron chi connectivity index (χ1n) is 8.61. The van der Waals surface area contributed by atoms with Crippen LogP contribution in [0.5, 0.6) is 11.5 Å². The van der Waals surface area contributed by atoms with Crippen molar-refractivity contribution in [2.75, 3.05) is 32.6 Å². The fraction of sp³-hybridized carbons (Fsp3) is 0.316. The average Bonchev–Trinajstić information content (AvgIpc) is 2.68. The molecular weight excluding hydrogens is 387 g/mol. The lowest BCUT2D eigenvalue weighted by atomic mass is 10.2. The number of ether oxygens (including phenoxy) is 2. The third-order valence-electron chi connectivity index (χ3n) is 4.17. The van der Waals surface area contributed by atoms with Crippen molar-refractivity contribution in [2.24, 2.45) is 0 Å². The van der Waals surface area contributed by atoms with Crippen LogP contribution in [-0.2, 0) is 10.0 Å². The zero-order valence-corrected chi connectivity index (χ0v) is 17.0. The molecule has 0 radical (unpaired) electrons. The minimum atomic E-state index is -3.82. The van der Waals surface area contributed by atoms with Gasteiger partial charge in [-0.15, -0.1) is 0 Å². The predicted octanol–water partition coefficient (Wildman–Crippen LogP) is 3.13. The fourth-order valence-corrected chi connectivity index (χ4v) is 4.15. The minimum absolute atomic E-state index is 0.143. The van der Waals surface area contributed by atoms with Crippen molar-refractivity contribution in [1.29, 1.82) is 0 Å². The highest BCUT2D eigenvalue weighted by atomic mass is 32.2. The molecular formula is C19H23FN2O5S. The van der Waals surface area contributed by atoms with Crippen molar-refractivity contribution in [2.45, 2.75) is 18.7 Å². The van der Waals surface area contributed by atoms with Crippen LogP contribution in [0.2, 0.25) is 0 Å². The van der Waals surface area contributed by atoms with Gasteiger partial charge in [0.25, 0.3) is 5.91 Å². The van der Waals surface area contributed by atoms with E-state index >= 15 is 0 Å². The van der Waals surface area contributed by atoms with Gasteiger partial charge in [-0.25, -0.2) is 12.8 Å². The van der Waals surface area contributed by atoms with E-state index in [4.69, 9.17) is 9.47 Å². The Balaban J connectivity index is 2.36. The Hall–Kier alpha value is -2.65. The molecule has 0 aliphatic heterocycles. The molecule has 0 unspecified atom stereocenters. The molecule has 9 heteroatoms. The van der Waals surface area contributed by atoms with Crippen LogP contribution in [0.3, 0.4) is 0 Å². The van der Waals surface area contributed by atoms with E-state index in [1.54, 1.807) is 26.0 Å². The van der Waals surface area contributed by atoms with Crippen LogP contribution >= 0.6 is 0 Å². The van der Waals surface area contributed by atoms with Gasteiger partial charge >= 0.3 is 0 Å². The van der Waals surface area contributed by atoms with Crippen molar-refractivity contribution < 1.29 is 27.1 Å². The molecule has 0 saturated heterocycles. The van der Waals surface area contributed by atoms with Gasteiger partial charge in [0.1, 0.15) is 5.82 Å². The van der Waals surface area contributed by atoms with Crippen molar-refractivity contribution >= 4 is 21.6 Å². The minimum Gasteiger partial charge on any atom is -0.493 e. The van der Waals surface area contributed by atoms with E-state index in [1.807, 2.05) is 0 Å². The molecule has 2 rings (SSSR count). The first-order valence-corrected chi connectivity index (χ1v) is 10.1. The zero-order valence-electron chi connectivity index (χ0n) is 16.2. The molecule has 0 aliphatic carbocycles. The Bertz CT molecular complexity index is 959. The van der Waals surface area contributed by atoms with Crippen LogP contribution < -0.4 is 14.8 Å². The van der Waals surface area contributed by atoms with Crippen molar-refractivity contribution in [3.05, 3.63) is 47.8 Å². The lowest BCUT2D eigenvalue weighted by molar-refractivity contribution is 0.102. The van der Waals surface area contributed by atoms with Crippen molar-refractivity contribution in [3.63, 3.8) is 0 Å². The Morgan fingerprint density at radius 1 is 1.04 bits per heavy atom. The molecule has 1 amide bonds. The topological polar surface area (TPSA) is 84.9 Å². The third-order valence-corrected chi connectivity index (χ3v) is 6.21. The molecule has 0 heterocycles. The van der Waals surface area contributed by atoms with Crippen LogP contribution in [0.15, 0.2) is 41.3 Å². The summed E-state index contributed by atoms with van der Waals surface area (Å²) in [5.74, 6) is -0.740. The highest BCUT2D eigenvalue weighted by Gasteiger charge is 2.24. The van der Waals surface area contributed by atoms with Crippen LogP contribution in [0, 0.1) is 5.82 Å². The molecule has 1 N–H and O–H groups in total. The summed E-state index contributed by atoms with van der Waals surface area (Å²) in [5, 5.41) is 2.54. The number of carbonyl (C=O) groups is 1. The number of hydrogen-bond donors (Lipinski definition) is 1. The Labute approximate surface area is 164 Å². The third kappa shape index (κ3) is 4.42. The maximum atomic E-state index is 14.2. The van der Waals surface area contributed by atoms with Gasteiger partial charge in [0.15, 0.2) is 11.5 Å². The SMILES string of the molecule is CCN(CC)S(=O)(=O)c1ccc(F)c(C(=O)Nc2ccc(OC)c(OC)c2)c1. The Morgan fingerprint density at radius 3 is 2.25 bits per heavy atom. The van der Waals surface area contributed by atoms with E-state index < -0.39 is 21.7 Å². The molecule has 152 valence electrons. The van der Waals surface area contributed by atoms with Gasteiger partial charge in [-0.05, 0) is 30.3 Å². The quantitative estimate of drug-likeness (QED) is 0.723. The van der Waals surface area contributed by atoms with Gasteiger partial charge in [0.05, 0.1) is 24.7 Å². The number of amides is 1. The maximum Gasteiger partial charge on any atom is 0.258 e. The van der Waals surface area contributed by atoms with Crippen LogP contribution in [0.1, 0.15) is 24.2 Å². The molecule has 7 nitrogen and oxygen atoms in total. The Kier molecular flexibility index (Phi) is 6.98. The molecule has 0 aromatic heterocycles. The van der Waals surface area contributed by atoms with E-state index in [-0.39, 0.29) is 23.5 Å². The number of methoxy groups -OCH3 is 2. The second-order valence-electron chi connectivity index (χ2n) is 5.75. The van der Waals surface area contributed by atoms with Gasteiger partial charge in [-0.1, -0.05) is 13.8 Å². The highest BCUT2D eigenvalue weighted by molar-refractivity contribution is 7.89. The smallest absolute Gasteiger partial charge is 0.258 e. The number of anilines is 1. The summed E-state index contributed by atoms with van der Waals surface area (Å²) in [4.78, 5) is 12.4. The van der Waals surface area contributed by atoms with Gasteiger partial charge < -0.3 is 14.8 Å². The van der Waals surface area contributed by atoms with Crippen LogP contribution in [0.4, 0.5) is 10.1 Å². The summed E-state index contributed by atoms with van der Waals surface area (Å²) >= 11 is 0. The molecule has 0 bridgehead atoms. The number of hydrogen-bond acceptors (Lipinski definition) is 5. The summed E-state index contributed by atoms with van der Waals surface area (Å²) in [7, 11) is -0.888. The summed E-state index contributed by atoms with van der Waals surface area (Å²) in [6, 6.07) is 7.83. The molecule has 0 spiro atoms. The van der Waals surface area contributed by atoms with Crippen molar-refractivity contribution in [1.82, 2.24) is 4.31 Å². The lowest BCUT2D eigenvalue weighted by Gasteiger charge is -2.19. The van der Waals surface area contributed by atoms with Gasteiger partial charge in [0, 0.05) is 24.8 Å². The standard InChI is InChI=1S/C19H23FN2O5S/c1-5-22(6-2)28(24,25)14-8-9-16(20)15(12-14)19(23)21-13-7-10-17(26-3)18(11-13)27-4/h7-12H,5-6H2,1-4H3,(H,21,23). The van der Waals surface area contributed by atoms with Gasteiger partial charge in [-0.2, -0.15) is 4.31 Å². The van der Waals surface area contributed by atoms with Crippen LogP contribution in [0.25, 0.3) is 0 Å². The summed E-state index contributed by atoms with van der Waals surface area (Å²) in [6.45, 7) is 3.94. The maximum absolute atomic E-state index is 14.2. The number of nitrogens with zero attached hydrogens (tertiary/aromatic N) is 1. The number of halogens is 1. The highest BCUT2D eigenvalue weighted by Crippen LogP contribution is 2.30. The summed E-state index contributed by atoms with van der Waals surface area (Å²) < 4.78 is 51.0. The first kappa shape index (κ1) is 21.6. The largest absolute Gasteiger partial charge is 0.493 e. The number of nitrogens with one attached hydrogen (secondary N) is 1. The van der Waals surface area contributed by atoms with Gasteiger partial charge in [0.2, 0.25) is 10.0 Å². The number of sulfonamides is 1. The first-order chi connectivity index (χ1) is 13.3. The molecule has 2 aromatic carbocycles. The number of rotatable bonds is 8. The van der Waals surface area contributed by atoms with E-state index in [2.05, 4.69) is 5.32 Å². The predicted molar refractivity (Wildman–Crippen MR) is 104 cm³/mol. The van der Waals surface area contributed by atoms with Crippen LogP contribution in [-0.4, -0.2) is 45.9 Å². The molecule has 2 aromatic rings. The lowest BCUT2D eigenvalue weighted by Crippen LogP contribution is -2.31. The second-order valence-corrected chi connectivity index (χ2v) is 7.69. The number of benzene rings is 2. The molecule has 0 atom stereocenters. The normalized spacial score (nSPS) is 11.4. The average molecular weight is 410 g/mol. The van der Waals surface area contributed by atoms with E-state index in [9.17, 15) is 17.6 Å².